The fourth-order valence-corrected chi connectivity index (χ4v) is 2.54. The van der Waals surface area contributed by atoms with E-state index >= 15 is 0 Å². The molecular formula is C17H15F3N6OS. The fourth-order valence-electron chi connectivity index (χ4n) is 2.39. The monoisotopic (exact) mass is 408 g/mol. The van der Waals surface area contributed by atoms with Gasteiger partial charge in [-0.2, -0.15) is 18.3 Å². The van der Waals surface area contributed by atoms with Crippen LogP contribution in [0.25, 0.3) is 0 Å². The summed E-state index contributed by atoms with van der Waals surface area (Å²) in [6.07, 6.45) is -3.03. The highest BCUT2D eigenvalue weighted by molar-refractivity contribution is 7.71. The van der Waals surface area contributed by atoms with E-state index in [9.17, 15) is 18.0 Å². The molecule has 2 heterocycles. The van der Waals surface area contributed by atoms with Gasteiger partial charge in [0.1, 0.15) is 5.82 Å². The third kappa shape index (κ3) is 4.36. The van der Waals surface area contributed by atoms with Crippen LogP contribution in [0.15, 0.2) is 42.6 Å². The van der Waals surface area contributed by atoms with Crippen LogP contribution in [0, 0.1) is 4.77 Å². The zero-order valence-corrected chi connectivity index (χ0v) is 15.4. The minimum Gasteiger partial charge on any atom is -0.345 e. The number of nitrogens with one attached hydrogen (secondary N) is 3. The molecule has 0 bridgehead atoms. The minimum atomic E-state index is -4.47. The van der Waals surface area contributed by atoms with Gasteiger partial charge in [-0.05, 0) is 42.5 Å². The molecule has 0 atom stereocenters. The number of nitrogens with zero attached hydrogens (tertiary/aromatic N) is 3. The lowest BCUT2D eigenvalue weighted by Crippen LogP contribution is -2.25. The molecule has 7 nitrogen and oxygen atoms in total. The summed E-state index contributed by atoms with van der Waals surface area (Å²) in [5, 5.41) is 12.1. The van der Waals surface area contributed by atoms with Crippen molar-refractivity contribution in [1.29, 1.82) is 0 Å². The van der Waals surface area contributed by atoms with E-state index in [2.05, 4.69) is 25.8 Å². The lowest BCUT2D eigenvalue weighted by molar-refractivity contribution is -0.137. The first kappa shape index (κ1) is 19.5. The molecule has 0 fully saturated rings. The number of amides is 1. The van der Waals surface area contributed by atoms with Gasteiger partial charge in [-0.15, -0.1) is 0 Å². The predicted molar refractivity (Wildman–Crippen MR) is 98.5 cm³/mol. The molecular weight excluding hydrogens is 393 g/mol. The number of aromatic amines is 1. The van der Waals surface area contributed by atoms with Crippen molar-refractivity contribution in [2.24, 2.45) is 7.05 Å². The Labute approximate surface area is 162 Å². The maximum Gasteiger partial charge on any atom is 0.416 e. The van der Waals surface area contributed by atoms with Gasteiger partial charge < -0.3 is 15.2 Å². The van der Waals surface area contributed by atoms with Crippen molar-refractivity contribution < 1.29 is 18.0 Å². The number of pyridine rings is 1. The number of benzene rings is 1. The second kappa shape index (κ2) is 7.80. The quantitative estimate of drug-likeness (QED) is 0.562. The Morgan fingerprint density at radius 1 is 1.29 bits per heavy atom. The number of rotatable bonds is 5. The normalized spacial score (nSPS) is 11.3. The van der Waals surface area contributed by atoms with Crippen LogP contribution in [0.2, 0.25) is 0 Å². The summed E-state index contributed by atoms with van der Waals surface area (Å²) in [5.41, 5.74) is -0.459. The third-order valence-electron chi connectivity index (χ3n) is 3.88. The number of H-pyrrole nitrogens is 1. The van der Waals surface area contributed by atoms with Crippen LogP contribution in [0.4, 0.5) is 24.7 Å². The Hall–Kier alpha value is -3.21. The van der Waals surface area contributed by atoms with Crippen molar-refractivity contribution in [3.63, 3.8) is 0 Å². The van der Waals surface area contributed by atoms with Gasteiger partial charge in [0.15, 0.2) is 10.6 Å². The van der Waals surface area contributed by atoms with Gasteiger partial charge in [-0.1, -0.05) is 6.07 Å². The number of halogens is 3. The van der Waals surface area contributed by atoms with Crippen LogP contribution in [-0.2, 0) is 19.8 Å². The van der Waals surface area contributed by atoms with Crippen LogP contribution in [0.1, 0.15) is 21.7 Å². The van der Waals surface area contributed by atoms with E-state index < -0.39 is 17.6 Å². The highest BCUT2D eigenvalue weighted by Gasteiger charge is 2.30. The molecule has 0 spiro atoms. The van der Waals surface area contributed by atoms with E-state index in [-0.39, 0.29) is 23.6 Å². The topological polar surface area (TPSA) is 87.6 Å². The molecule has 0 aliphatic carbocycles. The average Bonchev–Trinajstić information content (AvgIpc) is 2.98. The number of carbonyl (C=O) groups excluding carboxylic acids is 1. The second-order valence-corrected chi connectivity index (χ2v) is 6.18. The maximum atomic E-state index is 12.9. The molecule has 146 valence electrons. The highest BCUT2D eigenvalue weighted by atomic mass is 32.1. The van der Waals surface area contributed by atoms with Gasteiger partial charge in [-0.25, -0.2) is 4.98 Å². The maximum absolute atomic E-state index is 12.9. The first-order valence-corrected chi connectivity index (χ1v) is 8.44. The lowest BCUT2D eigenvalue weighted by Gasteiger charge is -2.13. The molecule has 0 aliphatic rings. The summed E-state index contributed by atoms with van der Waals surface area (Å²) < 4.78 is 40.7. The van der Waals surface area contributed by atoms with Crippen molar-refractivity contribution in [3.05, 3.63) is 64.3 Å². The van der Waals surface area contributed by atoms with Gasteiger partial charge in [0.25, 0.3) is 5.91 Å². The fraction of sp³-hybridized carbons (Fsp3) is 0.176. The molecule has 0 aliphatic heterocycles. The molecule has 2 aromatic heterocycles. The Morgan fingerprint density at radius 2 is 2.07 bits per heavy atom. The van der Waals surface area contributed by atoms with Gasteiger partial charge >= 0.3 is 6.18 Å². The summed E-state index contributed by atoms with van der Waals surface area (Å²) in [4.78, 5) is 16.6. The summed E-state index contributed by atoms with van der Waals surface area (Å²) in [7, 11) is 1.71. The second-order valence-electron chi connectivity index (χ2n) is 5.79. The SMILES string of the molecule is Cn1c(CNC(=O)c2cccnc2Nc2cccc(C(F)(F)F)c2)n[nH]c1=S. The van der Waals surface area contributed by atoms with Crippen molar-refractivity contribution in [1.82, 2.24) is 25.1 Å². The summed E-state index contributed by atoms with van der Waals surface area (Å²) in [6, 6.07) is 7.72. The van der Waals surface area contributed by atoms with Gasteiger partial charge in [0.2, 0.25) is 0 Å². The Morgan fingerprint density at radius 3 is 2.75 bits per heavy atom. The number of alkyl halides is 3. The molecule has 3 rings (SSSR count). The van der Waals surface area contributed by atoms with Gasteiger partial charge in [0, 0.05) is 18.9 Å². The molecule has 0 saturated heterocycles. The molecule has 11 heteroatoms. The average molecular weight is 408 g/mol. The lowest BCUT2D eigenvalue weighted by atomic mass is 10.2. The van der Waals surface area contributed by atoms with Crippen LogP contribution < -0.4 is 10.6 Å². The van der Waals surface area contributed by atoms with Crippen LogP contribution >= 0.6 is 12.2 Å². The Kier molecular flexibility index (Phi) is 5.45. The van der Waals surface area contributed by atoms with Crippen molar-refractivity contribution in [3.8, 4) is 0 Å². The molecule has 3 N–H and O–H groups in total. The van der Waals surface area contributed by atoms with Crippen molar-refractivity contribution in [2.75, 3.05) is 5.32 Å². The summed E-state index contributed by atoms with van der Waals surface area (Å²) in [5.74, 6) is 0.195. The number of carbonyl (C=O) groups is 1. The van der Waals surface area contributed by atoms with E-state index in [0.29, 0.717) is 10.6 Å². The molecule has 0 saturated carbocycles. The number of anilines is 2. The van der Waals surface area contributed by atoms with Crippen LogP contribution in [0.5, 0.6) is 0 Å². The summed E-state index contributed by atoms with van der Waals surface area (Å²) >= 11 is 5.01. The number of hydrogen-bond donors (Lipinski definition) is 3. The number of hydrogen-bond acceptors (Lipinski definition) is 5. The van der Waals surface area contributed by atoms with E-state index in [0.717, 1.165) is 12.1 Å². The Balaban J connectivity index is 1.78. The van der Waals surface area contributed by atoms with Crippen molar-refractivity contribution in [2.45, 2.75) is 12.7 Å². The first-order chi connectivity index (χ1) is 13.3. The molecule has 1 aromatic carbocycles. The van der Waals surface area contributed by atoms with Gasteiger partial charge in [0.05, 0.1) is 17.7 Å². The molecule has 3 aromatic rings. The zero-order valence-electron chi connectivity index (χ0n) is 14.5. The van der Waals surface area contributed by atoms with E-state index in [1.165, 1.54) is 24.4 Å². The molecule has 0 unspecified atom stereocenters. The molecule has 1 amide bonds. The minimum absolute atomic E-state index is 0.111. The van der Waals surface area contributed by atoms with Gasteiger partial charge in [-0.3, -0.25) is 9.89 Å². The Bertz CT molecular complexity index is 1060. The third-order valence-corrected chi connectivity index (χ3v) is 4.25. The first-order valence-electron chi connectivity index (χ1n) is 8.03. The highest BCUT2D eigenvalue weighted by Crippen LogP contribution is 2.31. The summed E-state index contributed by atoms with van der Waals surface area (Å²) in [6.45, 7) is 0.111. The smallest absolute Gasteiger partial charge is 0.345 e. The van der Waals surface area contributed by atoms with Crippen LogP contribution in [-0.4, -0.2) is 25.7 Å². The zero-order chi connectivity index (χ0) is 20.3. The standard InChI is InChI=1S/C17H15F3N6OS/c1-26-13(24-25-16(26)28)9-22-15(27)12-6-3-7-21-14(12)23-11-5-2-4-10(8-11)17(18,19)20/h2-8H,9H2,1H3,(H,21,23)(H,22,27)(H,25,28). The van der Waals surface area contributed by atoms with Crippen molar-refractivity contribution >= 4 is 29.6 Å². The number of aromatic nitrogens is 4. The van der Waals surface area contributed by atoms with E-state index in [1.54, 1.807) is 17.7 Å². The van der Waals surface area contributed by atoms with E-state index in [1.807, 2.05) is 0 Å². The molecule has 0 radical (unpaired) electrons. The van der Waals surface area contributed by atoms with E-state index in [4.69, 9.17) is 12.2 Å². The predicted octanol–water partition coefficient (Wildman–Crippen LogP) is 3.57. The largest absolute Gasteiger partial charge is 0.416 e. The van der Waals surface area contributed by atoms with Crippen LogP contribution in [0.3, 0.4) is 0 Å². The molecule has 28 heavy (non-hydrogen) atoms.